The van der Waals surface area contributed by atoms with E-state index in [9.17, 15) is 0 Å². The Balaban J connectivity index is 4.95. The van der Waals surface area contributed by atoms with Gasteiger partial charge in [-0.3, -0.25) is 0 Å². The van der Waals surface area contributed by atoms with E-state index in [1.165, 1.54) is 0 Å². The van der Waals surface area contributed by atoms with Crippen LogP contribution in [0.15, 0.2) is 0 Å². The fraction of sp³-hybridized carbons (Fsp3) is 1.00. The molecule has 0 spiro atoms. The van der Waals surface area contributed by atoms with Crippen LogP contribution in [-0.2, 0) is 13.0 Å². The van der Waals surface area contributed by atoms with Crippen molar-refractivity contribution in [3.8, 4) is 0 Å². The van der Waals surface area contributed by atoms with E-state index < -0.39 is 17.1 Å². The molecule has 0 saturated heterocycles. The van der Waals surface area contributed by atoms with E-state index in [1.54, 1.807) is 0 Å². The molecule has 17 heavy (non-hydrogen) atoms. The average molecular weight is 279 g/mol. The van der Waals surface area contributed by atoms with Crippen LogP contribution in [0.4, 0.5) is 0 Å². The zero-order chi connectivity index (χ0) is 14.1. The van der Waals surface area contributed by atoms with Crippen molar-refractivity contribution in [1.29, 1.82) is 0 Å². The highest BCUT2D eigenvalue weighted by atomic mass is 28.5. The van der Waals surface area contributed by atoms with E-state index in [4.69, 9.17) is 13.0 Å². The topological polar surface area (TPSA) is 27.7 Å². The van der Waals surface area contributed by atoms with Crippen molar-refractivity contribution in [3.63, 3.8) is 0 Å². The van der Waals surface area contributed by atoms with Crippen LogP contribution in [-0.4, -0.2) is 28.3 Å². The second-order valence-electron chi connectivity index (χ2n) is 7.51. The minimum absolute atomic E-state index is 0.244. The highest BCUT2D eigenvalue weighted by Gasteiger charge is 2.45. The molecule has 5 heteroatoms. The molecule has 0 fully saturated rings. The Bertz CT molecular complexity index is 205. The summed E-state index contributed by atoms with van der Waals surface area (Å²) in [4.78, 5) is 0. The third-order valence-electron chi connectivity index (χ3n) is 1.47. The lowest BCUT2D eigenvalue weighted by Crippen LogP contribution is -2.56. The maximum atomic E-state index is 6.21. The predicted molar refractivity (Wildman–Crippen MR) is 77.7 cm³/mol. The van der Waals surface area contributed by atoms with Crippen molar-refractivity contribution in [1.82, 2.24) is 0 Å². The first-order valence-corrected chi connectivity index (χ1v) is 11.9. The quantitative estimate of drug-likeness (QED) is 0.727. The van der Waals surface area contributed by atoms with Gasteiger partial charge in [0.05, 0.1) is 11.2 Å². The van der Waals surface area contributed by atoms with Gasteiger partial charge >= 0.3 is 8.80 Å². The molecular formula is C12H30O3Si2. The van der Waals surface area contributed by atoms with Crippen LogP contribution >= 0.6 is 0 Å². The van der Waals surface area contributed by atoms with Gasteiger partial charge in [0.15, 0.2) is 8.32 Å². The molecule has 3 nitrogen and oxygen atoms in total. The fourth-order valence-electron chi connectivity index (χ4n) is 1.73. The van der Waals surface area contributed by atoms with Crippen LogP contribution in [0, 0.1) is 0 Å². The Morgan fingerprint density at radius 1 is 0.647 bits per heavy atom. The molecule has 0 rings (SSSR count). The minimum Gasteiger partial charge on any atom is -0.416 e. The standard InChI is InChI=1S/C12H30O3Si2/c1-11(2,3)13-17(10,14-12(4,5)6)15-16(7,8)9/h1-10H3. The van der Waals surface area contributed by atoms with Gasteiger partial charge in [0.1, 0.15) is 0 Å². The third kappa shape index (κ3) is 9.97. The molecule has 0 saturated carbocycles. The van der Waals surface area contributed by atoms with Gasteiger partial charge in [-0.2, -0.15) is 0 Å². The first-order chi connectivity index (χ1) is 7.12. The first kappa shape index (κ1) is 17.3. The molecule has 0 radical (unpaired) electrons. The summed E-state index contributed by atoms with van der Waals surface area (Å²) < 4.78 is 18.4. The van der Waals surface area contributed by atoms with E-state index in [1.807, 2.05) is 48.1 Å². The minimum atomic E-state index is -2.59. The summed E-state index contributed by atoms with van der Waals surface area (Å²) in [6.07, 6.45) is 0. The lowest BCUT2D eigenvalue weighted by atomic mass is 10.2. The zero-order valence-electron chi connectivity index (χ0n) is 13.2. The Morgan fingerprint density at radius 3 is 1.12 bits per heavy atom. The molecule has 0 aliphatic carbocycles. The van der Waals surface area contributed by atoms with Crippen LogP contribution in [0.2, 0.25) is 26.2 Å². The molecule has 0 unspecified atom stereocenters. The molecule has 0 aromatic carbocycles. The van der Waals surface area contributed by atoms with Crippen LogP contribution in [0.5, 0.6) is 0 Å². The van der Waals surface area contributed by atoms with E-state index in [-0.39, 0.29) is 11.2 Å². The molecule has 0 N–H and O–H groups in total. The molecule has 0 aromatic rings. The van der Waals surface area contributed by atoms with Gasteiger partial charge in [0.2, 0.25) is 0 Å². The van der Waals surface area contributed by atoms with E-state index in [0.717, 1.165) is 0 Å². The molecule has 0 amide bonds. The van der Waals surface area contributed by atoms with Crippen LogP contribution in [0.3, 0.4) is 0 Å². The van der Waals surface area contributed by atoms with Crippen molar-refractivity contribution in [3.05, 3.63) is 0 Å². The van der Waals surface area contributed by atoms with E-state index >= 15 is 0 Å². The summed E-state index contributed by atoms with van der Waals surface area (Å²) in [6.45, 7) is 20.7. The normalized spacial score (nSPS) is 15.2. The maximum Gasteiger partial charge on any atom is 0.488 e. The Morgan fingerprint density at radius 2 is 0.941 bits per heavy atom. The Labute approximate surface area is 109 Å². The SMILES string of the molecule is CC(C)(C)O[Si](C)(OC(C)(C)C)O[Si](C)(C)C. The molecule has 0 aliphatic rings. The predicted octanol–water partition coefficient (Wildman–Crippen LogP) is 4.04. The lowest BCUT2D eigenvalue weighted by Gasteiger charge is -2.40. The highest BCUT2D eigenvalue weighted by molar-refractivity contribution is 6.79. The first-order valence-electron chi connectivity index (χ1n) is 6.22. The Kier molecular flexibility index (Phi) is 5.22. The molecule has 0 heterocycles. The number of hydrogen-bond acceptors (Lipinski definition) is 3. The smallest absolute Gasteiger partial charge is 0.416 e. The molecule has 0 aromatic heterocycles. The van der Waals surface area contributed by atoms with Crippen LogP contribution in [0.1, 0.15) is 41.5 Å². The molecule has 104 valence electrons. The average Bonchev–Trinajstić information content (AvgIpc) is 1.65. The maximum absolute atomic E-state index is 6.21. The molecule has 0 atom stereocenters. The van der Waals surface area contributed by atoms with Crippen molar-refractivity contribution >= 4 is 17.1 Å². The fourth-order valence-corrected chi connectivity index (χ4v) is 8.78. The van der Waals surface area contributed by atoms with E-state index in [2.05, 4.69) is 19.6 Å². The Hall–Kier alpha value is 0.314. The lowest BCUT2D eigenvalue weighted by molar-refractivity contribution is -0.0186. The largest absolute Gasteiger partial charge is 0.488 e. The molecular weight excluding hydrogens is 248 g/mol. The van der Waals surface area contributed by atoms with Gasteiger partial charge < -0.3 is 13.0 Å². The van der Waals surface area contributed by atoms with Gasteiger partial charge in [-0.25, -0.2) is 0 Å². The number of rotatable bonds is 4. The van der Waals surface area contributed by atoms with Gasteiger partial charge in [-0.15, -0.1) is 0 Å². The van der Waals surface area contributed by atoms with Crippen molar-refractivity contribution in [2.75, 3.05) is 0 Å². The third-order valence-corrected chi connectivity index (χ3v) is 7.37. The summed E-state index contributed by atoms with van der Waals surface area (Å²) >= 11 is 0. The second kappa shape index (κ2) is 5.13. The summed E-state index contributed by atoms with van der Waals surface area (Å²) in [5, 5.41) is 0. The summed E-state index contributed by atoms with van der Waals surface area (Å²) in [7, 11) is -4.27. The zero-order valence-corrected chi connectivity index (χ0v) is 15.2. The summed E-state index contributed by atoms with van der Waals surface area (Å²) in [5.74, 6) is 0. The van der Waals surface area contributed by atoms with Gasteiger partial charge in [-0.1, -0.05) is 0 Å². The second-order valence-corrected chi connectivity index (χ2v) is 14.7. The van der Waals surface area contributed by atoms with Crippen LogP contribution < -0.4 is 0 Å². The van der Waals surface area contributed by atoms with Crippen LogP contribution in [0.25, 0.3) is 0 Å². The molecule has 0 aliphatic heterocycles. The van der Waals surface area contributed by atoms with Gasteiger partial charge in [0, 0.05) is 6.55 Å². The van der Waals surface area contributed by atoms with E-state index in [0.29, 0.717) is 0 Å². The highest BCUT2D eigenvalue weighted by Crippen LogP contribution is 2.27. The van der Waals surface area contributed by atoms with Gasteiger partial charge in [0.25, 0.3) is 0 Å². The van der Waals surface area contributed by atoms with Gasteiger partial charge in [-0.05, 0) is 61.2 Å². The van der Waals surface area contributed by atoms with Crippen molar-refractivity contribution in [2.45, 2.75) is 78.9 Å². The summed E-state index contributed by atoms with van der Waals surface area (Å²) in [5.41, 5.74) is -0.488. The van der Waals surface area contributed by atoms with Crippen molar-refractivity contribution < 1.29 is 13.0 Å². The molecule has 0 bridgehead atoms. The summed E-state index contributed by atoms with van der Waals surface area (Å²) in [6, 6.07) is 0. The number of hydrogen-bond donors (Lipinski definition) is 0. The monoisotopic (exact) mass is 278 g/mol. The van der Waals surface area contributed by atoms with Crippen molar-refractivity contribution in [2.24, 2.45) is 0 Å².